The number of ketones is 1. The molecule has 33 heavy (non-hydrogen) atoms. The molecule has 0 amide bonds. The molecule has 1 fully saturated rings. The van der Waals surface area contributed by atoms with E-state index < -0.39 is 5.82 Å². The lowest BCUT2D eigenvalue weighted by Crippen LogP contribution is -2.29. The summed E-state index contributed by atoms with van der Waals surface area (Å²) in [6.07, 6.45) is 10.6. The molecule has 0 aliphatic carbocycles. The minimum atomic E-state index is -0.435. The van der Waals surface area contributed by atoms with Gasteiger partial charge in [0.15, 0.2) is 17.3 Å². The van der Waals surface area contributed by atoms with Crippen molar-refractivity contribution in [2.75, 3.05) is 25.5 Å². The lowest BCUT2D eigenvalue weighted by atomic mass is 10.00. The summed E-state index contributed by atoms with van der Waals surface area (Å²) in [6, 6.07) is 3.48. The number of carbonyl (C=O) groups is 1. The molecule has 0 spiro atoms. The maximum atomic E-state index is 14.7. The van der Waals surface area contributed by atoms with Crippen molar-refractivity contribution in [1.29, 1.82) is 0 Å². The number of hydrogen-bond acceptors (Lipinski definition) is 7. The highest BCUT2D eigenvalue weighted by molar-refractivity contribution is 5.96. The molecule has 9 heteroatoms. The van der Waals surface area contributed by atoms with Gasteiger partial charge >= 0.3 is 0 Å². The van der Waals surface area contributed by atoms with Gasteiger partial charge in [0.25, 0.3) is 0 Å². The first-order valence-electron chi connectivity index (χ1n) is 11.3. The topological polar surface area (TPSA) is 94.0 Å². The number of aromatic nitrogens is 4. The molecular weight excluding hydrogens is 423 g/mol. The number of aryl methyl sites for hydroxylation is 2. The smallest absolute Gasteiger partial charge is 0.227 e. The van der Waals surface area contributed by atoms with Gasteiger partial charge in [0.1, 0.15) is 0 Å². The van der Waals surface area contributed by atoms with Crippen LogP contribution in [0.3, 0.4) is 0 Å². The van der Waals surface area contributed by atoms with Crippen LogP contribution in [0.4, 0.5) is 16.0 Å². The molecule has 1 aliphatic heterocycles. The van der Waals surface area contributed by atoms with Gasteiger partial charge in [-0.1, -0.05) is 6.92 Å². The fraction of sp³-hybridized carbons (Fsp3) is 0.417. The lowest BCUT2D eigenvalue weighted by molar-refractivity contribution is 0.0987. The Morgan fingerprint density at radius 3 is 2.67 bits per heavy atom. The Bertz CT molecular complexity index is 1090. The molecule has 0 saturated carbocycles. The number of nitrogens with one attached hydrogen (secondary N) is 2. The van der Waals surface area contributed by atoms with Crippen molar-refractivity contribution in [3.63, 3.8) is 0 Å². The zero-order valence-corrected chi connectivity index (χ0v) is 19.0. The highest BCUT2D eigenvalue weighted by Crippen LogP contribution is 2.25. The standard InChI is InChI=1S/C24H29FN6O2/c1-3-21(32)18-10-17(23(25)22(11-18)33-2)5-4-16-12-27-24(28-13-16)30-19-14-29-31(15-19)20-6-8-26-9-7-20/h10-15,20,26H,3-9H2,1-2H3,(H,27,28,30). The van der Waals surface area contributed by atoms with Crippen LogP contribution in [0.2, 0.25) is 0 Å². The number of methoxy groups -OCH3 is 1. The average Bonchev–Trinajstić information content (AvgIpc) is 3.33. The summed E-state index contributed by atoms with van der Waals surface area (Å²) in [6.45, 7) is 3.80. The minimum Gasteiger partial charge on any atom is -0.494 e. The lowest BCUT2D eigenvalue weighted by Gasteiger charge is -2.22. The van der Waals surface area contributed by atoms with Crippen LogP contribution in [-0.4, -0.2) is 45.7 Å². The van der Waals surface area contributed by atoms with Crippen LogP contribution in [0, 0.1) is 5.82 Å². The van der Waals surface area contributed by atoms with E-state index in [0.717, 1.165) is 37.2 Å². The van der Waals surface area contributed by atoms with Gasteiger partial charge in [-0.25, -0.2) is 14.4 Å². The van der Waals surface area contributed by atoms with E-state index in [-0.39, 0.29) is 11.5 Å². The van der Waals surface area contributed by atoms with Gasteiger partial charge in [0.2, 0.25) is 5.95 Å². The van der Waals surface area contributed by atoms with Crippen LogP contribution < -0.4 is 15.4 Å². The quantitative estimate of drug-likeness (QED) is 0.476. The molecule has 0 radical (unpaired) electrons. The van der Waals surface area contributed by atoms with Gasteiger partial charge in [0, 0.05) is 30.6 Å². The van der Waals surface area contributed by atoms with E-state index >= 15 is 0 Å². The number of anilines is 2. The summed E-state index contributed by atoms with van der Waals surface area (Å²) < 4.78 is 21.8. The summed E-state index contributed by atoms with van der Waals surface area (Å²) in [4.78, 5) is 20.8. The van der Waals surface area contributed by atoms with Gasteiger partial charge in [-0.05, 0) is 62.0 Å². The first kappa shape index (κ1) is 22.8. The van der Waals surface area contributed by atoms with Crippen LogP contribution in [0.1, 0.15) is 53.7 Å². The molecule has 0 atom stereocenters. The van der Waals surface area contributed by atoms with E-state index in [2.05, 4.69) is 25.7 Å². The molecule has 1 saturated heterocycles. The van der Waals surface area contributed by atoms with Crippen molar-refractivity contribution < 1.29 is 13.9 Å². The number of nitrogens with zero attached hydrogens (tertiary/aromatic N) is 4. The summed E-state index contributed by atoms with van der Waals surface area (Å²) in [7, 11) is 1.40. The summed E-state index contributed by atoms with van der Waals surface area (Å²) in [5.74, 6) is 0.0871. The van der Waals surface area contributed by atoms with Crippen molar-refractivity contribution in [2.24, 2.45) is 0 Å². The maximum absolute atomic E-state index is 14.7. The Kier molecular flexibility index (Phi) is 7.29. The van der Waals surface area contributed by atoms with Crippen molar-refractivity contribution in [2.45, 2.75) is 45.1 Å². The van der Waals surface area contributed by atoms with Crippen LogP contribution >= 0.6 is 0 Å². The fourth-order valence-electron chi connectivity index (χ4n) is 3.98. The first-order chi connectivity index (χ1) is 16.1. The third-order valence-corrected chi connectivity index (χ3v) is 5.91. The minimum absolute atomic E-state index is 0.0446. The monoisotopic (exact) mass is 452 g/mol. The predicted molar refractivity (Wildman–Crippen MR) is 124 cm³/mol. The number of rotatable bonds is 9. The van der Waals surface area contributed by atoms with Gasteiger partial charge < -0.3 is 15.4 Å². The number of Topliss-reactive ketones (excluding diaryl/α,β-unsaturated/α-hetero) is 1. The molecule has 4 rings (SSSR count). The van der Waals surface area contributed by atoms with Crippen molar-refractivity contribution in [3.8, 4) is 5.75 Å². The Morgan fingerprint density at radius 1 is 1.21 bits per heavy atom. The van der Waals surface area contributed by atoms with Gasteiger partial charge in [-0.2, -0.15) is 5.10 Å². The van der Waals surface area contributed by atoms with Crippen molar-refractivity contribution >= 4 is 17.4 Å². The number of halogens is 1. The van der Waals surface area contributed by atoms with E-state index in [4.69, 9.17) is 4.74 Å². The second-order valence-corrected chi connectivity index (χ2v) is 8.16. The molecular formula is C24H29FN6O2. The van der Waals surface area contributed by atoms with Crippen LogP contribution in [-0.2, 0) is 12.8 Å². The normalized spacial score (nSPS) is 14.3. The largest absolute Gasteiger partial charge is 0.494 e. The Hall–Kier alpha value is -3.33. The van der Waals surface area contributed by atoms with Crippen LogP contribution in [0.25, 0.3) is 0 Å². The SMILES string of the molecule is CCC(=O)c1cc(CCc2cnc(Nc3cnn(C4CCNCC4)c3)nc2)c(F)c(OC)c1. The zero-order valence-electron chi connectivity index (χ0n) is 19.0. The molecule has 0 bridgehead atoms. The molecule has 3 heterocycles. The number of carbonyl (C=O) groups excluding carboxylic acids is 1. The average molecular weight is 453 g/mol. The van der Waals surface area contributed by atoms with E-state index in [9.17, 15) is 9.18 Å². The fourth-order valence-corrected chi connectivity index (χ4v) is 3.98. The molecule has 174 valence electrons. The number of benzene rings is 1. The van der Waals surface area contributed by atoms with Gasteiger partial charge in [-0.3, -0.25) is 9.48 Å². The summed E-state index contributed by atoms with van der Waals surface area (Å²) in [5, 5.41) is 11.0. The highest BCUT2D eigenvalue weighted by Gasteiger charge is 2.17. The third kappa shape index (κ3) is 5.54. The van der Waals surface area contributed by atoms with Crippen molar-refractivity contribution in [1.82, 2.24) is 25.1 Å². The number of hydrogen-bond donors (Lipinski definition) is 2. The maximum Gasteiger partial charge on any atom is 0.227 e. The Labute approximate surface area is 192 Å². The summed E-state index contributed by atoms with van der Waals surface area (Å²) in [5.41, 5.74) is 2.62. The predicted octanol–water partition coefficient (Wildman–Crippen LogP) is 3.87. The second kappa shape index (κ2) is 10.5. The number of ether oxygens (including phenoxy) is 1. The third-order valence-electron chi connectivity index (χ3n) is 5.91. The Balaban J connectivity index is 1.38. The molecule has 2 aromatic heterocycles. The van der Waals surface area contributed by atoms with Crippen LogP contribution in [0.15, 0.2) is 36.9 Å². The van der Waals surface area contributed by atoms with Gasteiger partial charge in [0.05, 0.1) is 25.0 Å². The zero-order chi connectivity index (χ0) is 23.2. The van der Waals surface area contributed by atoms with E-state index in [1.165, 1.54) is 13.2 Å². The molecule has 2 N–H and O–H groups in total. The van der Waals surface area contributed by atoms with Gasteiger partial charge in [-0.15, -0.1) is 0 Å². The Morgan fingerprint density at radius 2 is 1.97 bits per heavy atom. The molecule has 8 nitrogen and oxygen atoms in total. The van der Waals surface area contributed by atoms with E-state index in [0.29, 0.717) is 42.4 Å². The summed E-state index contributed by atoms with van der Waals surface area (Å²) >= 11 is 0. The van der Waals surface area contributed by atoms with E-state index in [1.54, 1.807) is 31.6 Å². The molecule has 0 unspecified atom stereocenters. The van der Waals surface area contributed by atoms with E-state index in [1.807, 2.05) is 10.9 Å². The first-order valence-corrected chi connectivity index (χ1v) is 11.3. The van der Waals surface area contributed by atoms with Crippen LogP contribution in [0.5, 0.6) is 5.75 Å². The molecule has 3 aromatic rings. The molecule has 1 aromatic carbocycles. The molecule has 1 aliphatic rings. The highest BCUT2D eigenvalue weighted by atomic mass is 19.1. The second-order valence-electron chi connectivity index (χ2n) is 8.16. The van der Waals surface area contributed by atoms with Crippen molar-refractivity contribution in [3.05, 3.63) is 59.4 Å². The number of piperidine rings is 1.